The van der Waals surface area contributed by atoms with Crippen LogP contribution in [0, 0.1) is 5.92 Å². The van der Waals surface area contributed by atoms with E-state index in [1.807, 2.05) is 14.0 Å². The van der Waals surface area contributed by atoms with Crippen LogP contribution in [0.5, 0.6) is 0 Å². The van der Waals surface area contributed by atoms with Crippen molar-refractivity contribution in [3.05, 3.63) is 29.8 Å². The second-order valence-electron chi connectivity index (χ2n) is 5.24. The maximum Gasteiger partial charge on any atom is 0.251 e. The minimum absolute atomic E-state index is 0. The van der Waals surface area contributed by atoms with Gasteiger partial charge in [0.1, 0.15) is 0 Å². The summed E-state index contributed by atoms with van der Waals surface area (Å²) in [6.07, 6.45) is 1.93. The highest BCUT2D eigenvalue weighted by molar-refractivity contribution is 5.98. The second kappa shape index (κ2) is 8.00. The molecule has 21 heavy (non-hydrogen) atoms. The lowest BCUT2D eigenvalue weighted by Crippen LogP contribution is -2.37. The molecule has 3 N–H and O–H groups in total. The van der Waals surface area contributed by atoms with Crippen LogP contribution in [0.4, 0.5) is 5.69 Å². The molecule has 0 heterocycles. The van der Waals surface area contributed by atoms with Gasteiger partial charge in [0.05, 0.1) is 0 Å². The Morgan fingerprint density at radius 1 is 1.33 bits per heavy atom. The van der Waals surface area contributed by atoms with Crippen molar-refractivity contribution in [2.75, 3.05) is 18.9 Å². The summed E-state index contributed by atoms with van der Waals surface area (Å²) in [5.74, 6) is 0.0740. The van der Waals surface area contributed by atoms with E-state index in [1.165, 1.54) is 0 Å². The highest BCUT2D eigenvalue weighted by atomic mass is 35.5. The van der Waals surface area contributed by atoms with Crippen molar-refractivity contribution < 1.29 is 9.59 Å². The van der Waals surface area contributed by atoms with Crippen LogP contribution in [0.15, 0.2) is 24.3 Å². The summed E-state index contributed by atoms with van der Waals surface area (Å²) in [6.45, 7) is 2.56. The van der Waals surface area contributed by atoms with Gasteiger partial charge in [-0.25, -0.2) is 0 Å². The number of nitrogens with one attached hydrogen (secondary N) is 3. The van der Waals surface area contributed by atoms with Crippen LogP contribution < -0.4 is 16.0 Å². The first-order chi connectivity index (χ1) is 9.60. The molecule has 0 saturated heterocycles. The predicted molar refractivity (Wildman–Crippen MR) is 85.9 cm³/mol. The Bertz CT molecular complexity index is 503. The molecule has 1 aromatic carbocycles. The average molecular weight is 312 g/mol. The van der Waals surface area contributed by atoms with Gasteiger partial charge in [-0.2, -0.15) is 0 Å². The molecule has 1 unspecified atom stereocenters. The van der Waals surface area contributed by atoms with Crippen LogP contribution in [0.1, 0.15) is 30.1 Å². The van der Waals surface area contributed by atoms with Crippen LogP contribution >= 0.6 is 12.4 Å². The van der Waals surface area contributed by atoms with Gasteiger partial charge in [-0.15, -0.1) is 12.4 Å². The fraction of sp³-hybridized carbons (Fsp3) is 0.467. The highest BCUT2D eigenvalue weighted by Gasteiger charge is 2.29. The lowest BCUT2D eigenvalue weighted by Gasteiger charge is -2.12. The molecule has 0 aromatic heterocycles. The molecular weight excluding hydrogens is 290 g/mol. The molecule has 0 spiro atoms. The zero-order valence-electron chi connectivity index (χ0n) is 12.3. The van der Waals surface area contributed by atoms with Gasteiger partial charge >= 0.3 is 0 Å². The van der Waals surface area contributed by atoms with Crippen molar-refractivity contribution in [2.45, 2.75) is 25.8 Å². The summed E-state index contributed by atoms with van der Waals surface area (Å²) in [5, 5.41) is 8.75. The van der Waals surface area contributed by atoms with Gasteiger partial charge in [0.2, 0.25) is 5.91 Å². The monoisotopic (exact) mass is 311 g/mol. The zero-order valence-corrected chi connectivity index (χ0v) is 13.1. The van der Waals surface area contributed by atoms with Crippen molar-refractivity contribution in [1.82, 2.24) is 10.6 Å². The molecule has 6 heteroatoms. The highest BCUT2D eigenvalue weighted by Crippen LogP contribution is 2.30. The number of hydrogen-bond acceptors (Lipinski definition) is 3. The first-order valence-corrected chi connectivity index (χ1v) is 6.96. The quantitative estimate of drug-likeness (QED) is 0.750. The van der Waals surface area contributed by atoms with Gasteiger partial charge < -0.3 is 16.0 Å². The van der Waals surface area contributed by atoms with E-state index in [1.54, 1.807) is 24.3 Å². The number of anilines is 1. The Balaban J connectivity index is 0.00000220. The number of benzene rings is 1. The molecule has 2 rings (SSSR count). The van der Waals surface area contributed by atoms with Crippen LogP contribution in [0.2, 0.25) is 0 Å². The summed E-state index contributed by atoms with van der Waals surface area (Å²) in [5.41, 5.74) is 1.23. The van der Waals surface area contributed by atoms with E-state index in [0.29, 0.717) is 17.8 Å². The smallest absolute Gasteiger partial charge is 0.251 e. The van der Waals surface area contributed by atoms with E-state index in [0.717, 1.165) is 12.8 Å². The van der Waals surface area contributed by atoms with E-state index in [2.05, 4.69) is 16.0 Å². The Hall–Kier alpha value is -1.59. The topological polar surface area (TPSA) is 70.2 Å². The van der Waals surface area contributed by atoms with E-state index in [4.69, 9.17) is 0 Å². The predicted octanol–water partition coefficient (Wildman–Crippen LogP) is 1.79. The molecular formula is C15H22ClN3O2. The second-order valence-corrected chi connectivity index (χ2v) is 5.24. The van der Waals surface area contributed by atoms with E-state index in [9.17, 15) is 9.59 Å². The SMILES string of the molecule is CNC(C)CNC(=O)c1cccc(NC(=O)C2CC2)c1.Cl. The molecule has 5 nitrogen and oxygen atoms in total. The minimum atomic E-state index is -0.130. The third-order valence-corrected chi connectivity index (χ3v) is 3.40. The van der Waals surface area contributed by atoms with Gasteiger partial charge in [0.25, 0.3) is 5.91 Å². The molecule has 1 aliphatic rings. The van der Waals surface area contributed by atoms with E-state index < -0.39 is 0 Å². The van der Waals surface area contributed by atoms with Crippen LogP contribution in [0.25, 0.3) is 0 Å². The number of carbonyl (C=O) groups is 2. The van der Waals surface area contributed by atoms with Gasteiger partial charge in [-0.1, -0.05) is 6.07 Å². The Kier molecular flexibility index (Phi) is 6.65. The summed E-state index contributed by atoms with van der Waals surface area (Å²) < 4.78 is 0. The van der Waals surface area contributed by atoms with Gasteiger partial charge in [-0.3, -0.25) is 9.59 Å². The number of amides is 2. The molecule has 1 saturated carbocycles. The third-order valence-electron chi connectivity index (χ3n) is 3.40. The summed E-state index contributed by atoms with van der Waals surface area (Å²) in [6, 6.07) is 7.24. The largest absolute Gasteiger partial charge is 0.350 e. The normalized spacial score (nSPS) is 14.8. The molecule has 1 aromatic rings. The van der Waals surface area contributed by atoms with Gasteiger partial charge in [-0.05, 0) is 45.0 Å². The minimum Gasteiger partial charge on any atom is -0.350 e. The lowest BCUT2D eigenvalue weighted by molar-refractivity contribution is -0.117. The fourth-order valence-corrected chi connectivity index (χ4v) is 1.78. The van der Waals surface area contributed by atoms with Crippen LogP contribution in [0.3, 0.4) is 0 Å². The van der Waals surface area contributed by atoms with E-state index in [-0.39, 0.29) is 36.2 Å². The van der Waals surface area contributed by atoms with Crippen molar-refractivity contribution in [3.63, 3.8) is 0 Å². The van der Waals surface area contributed by atoms with Crippen LogP contribution in [-0.2, 0) is 4.79 Å². The van der Waals surface area contributed by atoms with Crippen molar-refractivity contribution in [3.8, 4) is 0 Å². The standard InChI is InChI=1S/C15H21N3O2.ClH/c1-10(16-2)9-17-14(19)12-4-3-5-13(8-12)18-15(20)11-6-7-11;/h3-5,8,10-11,16H,6-7,9H2,1-2H3,(H,17,19)(H,18,20);1H. The number of likely N-dealkylation sites (N-methyl/N-ethyl adjacent to an activating group) is 1. The Labute approximate surface area is 131 Å². The van der Waals surface area contributed by atoms with Crippen molar-refractivity contribution in [1.29, 1.82) is 0 Å². The maximum atomic E-state index is 12.0. The molecule has 1 fully saturated rings. The van der Waals surface area contributed by atoms with Gasteiger partial charge in [0.15, 0.2) is 0 Å². The van der Waals surface area contributed by atoms with Crippen molar-refractivity contribution in [2.24, 2.45) is 5.92 Å². The molecule has 2 amide bonds. The number of halogens is 1. The molecule has 116 valence electrons. The molecule has 0 aliphatic heterocycles. The van der Waals surface area contributed by atoms with Gasteiger partial charge in [0, 0.05) is 29.8 Å². The average Bonchev–Trinajstić information content (AvgIpc) is 3.29. The summed E-state index contributed by atoms with van der Waals surface area (Å²) >= 11 is 0. The Morgan fingerprint density at radius 2 is 2.05 bits per heavy atom. The number of carbonyl (C=O) groups excluding carboxylic acids is 2. The molecule has 1 aliphatic carbocycles. The molecule has 0 radical (unpaired) electrons. The first-order valence-electron chi connectivity index (χ1n) is 6.96. The third kappa shape index (κ3) is 5.36. The molecule has 0 bridgehead atoms. The maximum absolute atomic E-state index is 12.0. The molecule has 1 atom stereocenters. The fourth-order valence-electron chi connectivity index (χ4n) is 1.78. The first kappa shape index (κ1) is 17.5. The lowest BCUT2D eigenvalue weighted by atomic mass is 10.1. The number of rotatable bonds is 6. The van der Waals surface area contributed by atoms with Crippen molar-refractivity contribution >= 4 is 29.9 Å². The Morgan fingerprint density at radius 3 is 2.67 bits per heavy atom. The number of hydrogen-bond donors (Lipinski definition) is 3. The summed E-state index contributed by atoms with van der Waals surface area (Å²) in [4.78, 5) is 23.7. The van der Waals surface area contributed by atoms with Crippen LogP contribution in [-0.4, -0.2) is 31.4 Å². The van der Waals surface area contributed by atoms with E-state index >= 15 is 0 Å². The zero-order chi connectivity index (χ0) is 14.5. The summed E-state index contributed by atoms with van der Waals surface area (Å²) in [7, 11) is 1.85.